The van der Waals surface area contributed by atoms with Crippen LogP contribution in [0.2, 0.25) is 10.0 Å². The van der Waals surface area contributed by atoms with Crippen molar-refractivity contribution in [2.24, 2.45) is 0 Å². The van der Waals surface area contributed by atoms with Gasteiger partial charge in [0.1, 0.15) is 5.75 Å². The third-order valence-corrected chi connectivity index (χ3v) is 7.32. The second-order valence-electron chi connectivity index (χ2n) is 7.06. The molecule has 0 atom stereocenters. The zero-order chi connectivity index (χ0) is 22.9. The quantitative estimate of drug-likeness (QED) is 0.434. The average Bonchev–Trinajstić information content (AvgIpc) is 3.17. The predicted molar refractivity (Wildman–Crippen MR) is 129 cm³/mol. The van der Waals surface area contributed by atoms with Gasteiger partial charge in [0.25, 0.3) is 15.9 Å². The molecule has 0 aliphatic carbocycles. The highest BCUT2D eigenvalue weighted by Gasteiger charge is 2.25. The number of hydrogen-bond acceptors (Lipinski definition) is 4. The van der Waals surface area contributed by atoms with Crippen molar-refractivity contribution in [2.45, 2.75) is 11.3 Å². The lowest BCUT2D eigenvalue weighted by Crippen LogP contribution is -2.33. The van der Waals surface area contributed by atoms with E-state index in [0.717, 1.165) is 22.1 Å². The molecule has 0 saturated heterocycles. The molecule has 1 heterocycles. The Balaban J connectivity index is 1.43. The van der Waals surface area contributed by atoms with Gasteiger partial charge in [0, 0.05) is 27.4 Å². The molecule has 32 heavy (non-hydrogen) atoms. The number of halogens is 3. The highest BCUT2D eigenvalue weighted by atomic mass is 79.9. The number of benzene rings is 3. The number of carbonyl (C=O) groups excluding carboxylic acids is 1. The van der Waals surface area contributed by atoms with Crippen LogP contribution in [-0.2, 0) is 21.2 Å². The Morgan fingerprint density at radius 1 is 1.06 bits per heavy atom. The van der Waals surface area contributed by atoms with Crippen LogP contribution in [0, 0.1) is 0 Å². The fraction of sp³-hybridized carbons (Fsp3) is 0.136. The summed E-state index contributed by atoms with van der Waals surface area (Å²) in [7, 11) is -3.86. The molecule has 3 aromatic carbocycles. The lowest BCUT2D eigenvalue weighted by Gasteiger charge is -2.18. The van der Waals surface area contributed by atoms with Crippen LogP contribution in [0.1, 0.15) is 5.56 Å². The van der Waals surface area contributed by atoms with E-state index in [-0.39, 0.29) is 28.2 Å². The highest BCUT2D eigenvalue weighted by molar-refractivity contribution is 9.10. The maximum absolute atomic E-state index is 12.7. The molecule has 1 amide bonds. The van der Waals surface area contributed by atoms with E-state index in [1.165, 1.54) is 18.2 Å². The van der Waals surface area contributed by atoms with Crippen LogP contribution >= 0.6 is 39.1 Å². The van der Waals surface area contributed by atoms with Gasteiger partial charge in [-0.15, -0.1) is 0 Å². The van der Waals surface area contributed by atoms with Crippen molar-refractivity contribution in [1.82, 2.24) is 0 Å². The maximum Gasteiger partial charge on any atom is 0.264 e. The Morgan fingerprint density at radius 2 is 1.81 bits per heavy atom. The van der Waals surface area contributed by atoms with E-state index in [0.29, 0.717) is 17.3 Å². The zero-order valence-electron chi connectivity index (χ0n) is 16.5. The first-order valence-corrected chi connectivity index (χ1v) is 12.6. The number of ether oxygens (including phenoxy) is 1. The van der Waals surface area contributed by atoms with E-state index in [4.69, 9.17) is 27.9 Å². The number of nitrogens with zero attached hydrogens (tertiary/aromatic N) is 1. The summed E-state index contributed by atoms with van der Waals surface area (Å²) < 4.78 is 34.3. The normalized spacial score (nSPS) is 13.0. The minimum absolute atomic E-state index is 0.0322. The molecule has 0 fully saturated rings. The summed E-state index contributed by atoms with van der Waals surface area (Å²) in [6.45, 7) is 0.361. The molecule has 166 valence electrons. The van der Waals surface area contributed by atoms with Gasteiger partial charge in [-0.25, -0.2) is 8.42 Å². The molecule has 0 spiro atoms. The van der Waals surface area contributed by atoms with Crippen LogP contribution < -0.4 is 14.4 Å². The van der Waals surface area contributed by atoms with E-state index < -0.39 is 10.0 Å². The molecular weight excluding hydrogens is 539 g/mol. The maximum atomic E-state index is 12.7. The van der Waals surface area contributed by atoms with Gasteiger partial charge in [0.05, 0.1) is 9.92 Å². The summed E-state index contributed by atoms with van der Waals surface area (Å²) in [4.78, 5) is 14.3. The van der Waals surface area contributed by atoms with Gasteiger partial charge in [0.15, 0.2) is 6.61 Å². The van der Waals surface area contributed by atoms with Crippen LogP contribution in [0.5, 0.6) is 5.75 Å². The van der Waals surface area contributed by atoms with Crippen molar-refractivity contribution >= 4 is 66.4 Å². The topological polar surface area (TPSA) is 75.7 Å². The van der Waals surface area contributed by atoms with E-state index in [9.17, 15) is 13.2 Å². The molecule has 1 aliphatic heterocycles. The number of sulfonamides is 1. The number of fused-ring (bicyclic) bond motifs is 1. The van der Waals surface area contributed by atoms with Crippen LogP contribution in [0.25, 0.3) is 0 Å². The number of carbonyl (C=O) groups is 1. The number of anilines is 2. The third kappa shape index (κ3) is 5.04. The van der Waals surface area contributed by atoms with Crippen molar-refractivity contribution in [3.8, 4) is 5.75 Å². The predicted octanol–water partition coefficient (Wildman–Crippen LogP) is 5.52. The van der Waals surface area contributed by atoms with Gasteiger partial charge in [-0.1, -0.05) is 39.1 Å². The van der Waals surface area contributed by atoms with Crippen molar-refractivity contribution in [1.29, 1.82) is 0 Å². The third-order valence-electron chi connectivity index (χ3n) is 4.90. The van der Waals surface area contributed by atoms with Gasteiger partial charge < -0.3 is 9.64 Å². The van der Waals surface area contributed by atoms with E-state index in [1.807, 2.05) is 18.2 Å². The van der Waals surface area contributed by atoms with Crippen molar-refractivity contribution in [3.63, 3.8) is 0 Å². The smallest absolute Gasteiger partial charge is 0.264 e. The molecule has 0 unspecified atom stereocenters. The molecule has 1 aliphatic rings. The molecule has 6 nitrogen and oxygen atoms in total. The van der Waals surface area contributed by atoms with E-state index in [2.05, 4.69) is 20.7 Å². The SMILES string of the molecule is O=C(COc1ccc(S(=O)(=O)Nc2ccc(Cl)cc2)cc1Cl)N1CCc2cc(Br)ccc21. The van der Waals surface area contributed by atoms with Gasteiger partial charge >= 0.3 is 0 Å². The summed E-state index contributed by atoms with van der Waals surface area (Å²) in [6, 6.07) is 16.1. The van der Waals surface area contributed by atoms with Crippen molar-refractivity contribution in [3.05, 3.63) is 80.7 Å². The summed E-state index contributed by atoms with van der Waals surface area (Å²) in [5.41, 5.74) is 2.32. The molecule has 10 heteroatoms. The standard InChI is InChI=1S/C22H17BrCl2N2O4S/c23-15-1-7-20-14(11-15)9-10-27(20)22(28)13-31-21-8-6-18(12-19(21)25)32(29,30)26-17-4-2-16(24)3-5-17/h1-8,11-12,26H,9-10,13H2. The molecule has 0 aromatic heterocycles. The van der Waals surface area contributed by atoms with Gasteiger partial charge in [0.2, 0.25) is 0 Å². The molecule has 1 N–H and O–H groups in total. The second kappa shape index (κ2) is 9.31. The first kappa shape index (κ1) is 22.9. The molecule has 0 bridgehead atoms. The van der Waals surface area contributed by atoms with Gasteiger partial charge in [-0.05, 0) is 72.6 Å². The van der Waals surface area contributed by atoms with E-state index >= 15 is 0 Å². The highest BCUT2D eigenvalue weighted by Crippen LogP contribution is 2.32. The first-order valence-electron chi connectivity index (χ1n) is 9.52. The molecule has 0 radical (unpaired) electrons. The van der Waals surface area contributed by atoms with E-state index in [1.54, 1.807) is 29.2 Å². The summed E-state index contributed by atoms with van der Waals surface area (Å²) in [5.74, 6) is 0.0175. The molecule has 0 saturated carbocycles. The van der Waals surface area contributed by atoms with Crippen LogP contribution in [0.15, 0.2) is 70.0 Å². The first-order chi connectivity index (χ1) is 15.2. The Kier molecular flexibility index (Phi) is 6.67. The minimum atomic E-state index is -3.86. The molecule has 3 aromatic rings. The lowest BCUT2D eigenvalue weighted by atomic mass is 10.2. The van der Waals surface area contributed by atoms with Gasteiger partial charge in [-0.2, -0.15) is 0 Å². The van der Waals surface area contributed by atoms with Crippen LogP contribution in [0.4, 0.5) is 11.4 Å². The average molecular weight is 556 g/mol. The largest absolute Gasteiger partial charge is 0.482 e. The summed E-state index contributed by atoms with van der Waals surface area (Å²) in [5, 5.41) is 0.583. The minimum Gasteiger partial charge on any atom is -0.482 e. The fourth-order valence-electron chi connectivity index (χ4n) is 3.34. The van der Waals surface area contributed by atoms with Crippen LogP contribution in [0.3, 0.4) is 0 Å². The van der Waals surface area contributed by atoms with Gasteiger partial charge in [-0.3, -0.25) is 9.52 Å². The second-order valence-corrected chi connectivity index (χ2v) is 10.5. The fourth-order valence-corrected chi connectivity index (χ4v) is 5.26. The van der Waals surface area contributed by atoms with Crippen molar-refractivity contribution in [2.75, 3.05) is 22.8 Å². The Morgan fingerprint density at radius 3 is 2.53 bits per heavy atom. The number of hydrogen-bond donors (Lipinski definition) is 1. The summed E-state index contributed by atoms with van der Waals surface area (Å²) >= 11 is 15.5. The Hall–Kier alpha value is -2.26. The molecular formula is C22H17BrCl2N2O4S. The van der Waals surface area contributed by atoms with Crippen LogP contribution in [-0.4, -0.2) is 27.5 Å². The Labute approximate surface area is 204 Å². The number of rotatable bonds is 6. The van der Waals surface area contributed by atoms with Crippen molar-refractivity contribution < 1.29 is 17.9 Å². The monoisotopic (exact) mass is 554 g/mol. The molecule has 4 rings (SSSR count). The number of nitrogens with one attached hydrogen (secondary N) is 1. The zero-order valence-corrected chi connectivity index (χ0v) is 20.4. The Bertz CT molecular complexity index is 1280. The summed E-state index contributed by atoms with van der Waals surface area (Å²) in [6.07, 6.45) is 0.772. The number of amides is 1. The lowest BCUT2D eigenvalue weighted by molar-refractivity contribution is -0.120.